The third kappa shape index (κ3) is 2.28. The zero-order chi connectivity index (χ0) is 14.1. The van der Waals surface area contributed by atoms with Gasteiger partial charge in [0.05, 0.1) is 18.3 Å². The lowest BCUT2D eigenvalue weighted by Crippen LogP contribution is -2.14. The Hall–Kier alpha value is -2.27. The van der Waals surface area contributed by atoms with Gasteiger partial charge in [-0.2, -0.15) is 5.10 Å². The van der Waals surface area contributed by atoms with Crippen molar-refractivity contribution in [1.29, 1.82) is 0 Å². The van der Waals surface area contributed by atoms with Crippen LogP contribution in [0.25, 0.3) is 10.9 Å². The van der Waals surface area contributed by atoms with E-state index < -0.39 is 0 Å². The predicted octanol–water partition coefficient (Wildman–Crippen LogP) is 2.86. The summed E-state index contributed by atoms with van der Waals surface area (Å²) in [6, 6.07) is 12.3. The Morgan fingerprint density at radius 2 is 2.05 bits per heavy atom. The van der Waals surface area contributed by atoms with E-state index in [9.17, 15) is 4.39 Å². The molecule has 0 unspecified atom stereocenters. The molecule has 3 aromatic rings. The van der Waals surface area contributed by atoms with E-state index in [1.807, 2.05) is 28.9 Å². The molecular weight excluding hydrogens is 273 g/mol. The topological polar surface area (TPSA) is 43.8 Å². The number of aromatic nitrogens is 2. The molecule has 0 amide bonds. The molecule has 0 radical (unpaired) electrons. The Morgan fingerprint density at radius 3 is 2.85 bits per heavy atom. The van der Waals surface area contributed by atoms with Crippen molar-refractivity contribution in [2.75, 3.05) is 0 Å². The molecule has 3 rings (SSSR count). The molecule has 5 heteroatoms. The minimum atomic E-state index is -0.309. The third-order valence-corrected chi connectivity index (χ3v) is 3.42. The second kappa shape index (κ2) is 5.02. The molecule has 0 saturated carbocycles. The fourth-order valence-electron chi connectivity index (χ4n) is 2.25. The van der Waals surface area contributed by atoms with Gasteiger partial charge in [0.1, 0.15) is 10.8 Å². The van der Waals surface area contributed by atoms with Crippen LogP contribution in [0.15, 0.2) is 48.7 Å². The molecule has 3 nitrogen and oxygen atoms in total. The Bertz CT molecular complexity index is 795. The van der Waals surface area contributed by atoms with Crippen molar-refractivity contribution < 1.29 is 4.39 Å². The lowest BCUT2D eigenvalue weighted by atomic mass is 10.1. The first kappa shape index (κ1) is 12.7. The summed E-state index contributed by atoms with van der Waals surface area (Å²) in [5.41, 5.74) is 8.09. The second-order valence-electron chi connectivity index (χ2n) is 4.53. The number of nitrogens with zero attached hydrogens (tertiary/aromatic N) is 2. The quantitative estimate of drug-likeness (QED) is 0.753. The van der Waals surface area contributed by atoms with Gasteiger partial charge >= 0.3 is 0 Å². The molecule has 2 N–H and O–H groups in total. The number of rotatable bonds is 3. The first-order valence-corrected chi connectivity index (χ1v) is 6.55. The highest BCUT2D eigenvalue weighted by Gasteiger charge is 2.09. The molecule has 0 atom stereocenters. The van der Waals surface area contributed by atoms with E-state index in [1.54, 1.807) is 12.3 Å². The Balaban J connectivity index is 2.07. The number of para-hydroxylation sites is 1. The molecule has 0 saturated heterocycles. The molecule has 100 valence electrons. The van der Waals surface area contributed by atoms with Gasteiger partial charge in [-0.25, -0.2) is 4.39 Å². The molecule has 20 heavy (non-hydrogen) atoms. The van der Waals surface area contributed by atoms with E-state index >= 15 is 0 Å². The molecule has 0 aliphatic rings. The van der Waals surface area contributed by atoms with Gasteiger partial charge in [-0.05, 0) is 29.8 Å². The number of nitrogens with two attached hydrogens (primary N) is 1. The minimum Gasteiger partial charge on any atom is -0.389 e. The van der Waals surface area contributed by atoms with Crippen LogP contribution < -0.4 is 5.73 Å². The van der Waals surface area contributed by atoms with E-state index in [1.165, 1.54) is 12.1 Å². The van der Waals surface area contributed by atoms with Crippen LogP contribution >= 0.6 is 12.2 Å². The molecule has 2 aromatic carbocycles. The van der Waals surface area contributed by atoms with Gasteiger partial charge in [0.2, 0.25) is 0 Å². The van der Waals surface area contributed by atoms with E-state index in [0.29, 0.717) is 12.1 Å². The molecule has 1 heterocycles. The standard InChI is InChI=1S/C15H12FN3S/c16-12-5-6-13(15(17)20)11(7-12)9-19-14-4-2-1-3-10(14)8-18-19/h1-8H,9H2,(H2,17,20). The monoisotopic (exact) mass is 285 g/mol. The van der Waals surface area contributed by atoms with E-state index in [0.717, 1.165) is 16.5 Å². The summed E-state index contributed by atoms with van der Waals surface area (Å²) < 4.78 is 15.3. The van der Waals surface area contributed by atoms with Crippen LogP contribution in [0.2, 0.25) is 0 Å². The predicted molar refractivity (Wildman–Crippen MR) is 81.1 cm³/mol. The SMILES string of the molecule is NC(=S)c1ccc(F)cc1Cn1ncc2ccccc21. The van der Waals surface area contributed by atoms with Crippen LogP contribution in [0.5, 0.6) is 0 Å². The third-order valence-electron chi connectivity index (χ3n) is 3.20. The van der Waals surface area contributed by atoms with Crippen LogP contribution in [0.3, 0.4) is 0 Å². The van der Waals surface area contributed by atoms with Crippen molar-refractivity contribution in [2.45, 2.75) is 6.54 Å². The van der Waals surface area contributed by atoms with Crippen LogP contribution in [0, 0.1) is 5.82 Å². The summed E-state index contributed by atoms with van der Waals surface area (Å²) in [5, 5.41) is 5.37. The fourth-order valence-corrected chi connectivity index (χ4v) is 2.45. The smallest absolute Gasteiger partial charge is 0.123 e. The van der Waals surface area contributed by atoms with Crippen molar-refractivity contribution in [3.63, 3.8) is 0 Å². The van der Waals surface area contributed by atoms with Gasteiger partial charge in [0.15, 0.2) is 0 Å². The number of hydrogen-bond donors (Lipinski definition) is 1. The Labute approximate surface area is 120 Å². The maximum absolute atomic E-state index is 13.4. The number of hydrogen-bond acceptors (Lipinski definition) is 2. The summed E-state index contributed by atoms with van der Waals surface area (Å²) in [4.78, 5) is 0.261. The van der Waals surface area contributed by atoms with E-state index in [4.69, 9.17) is 18.0 Å². The molecule has 1 aromatic heterocycles. The summed E-state index contributed by atoms with van der Waals surface area (Å²) in [6.45, 7) is 0.429. The number of thiocarbonyl (C=S) groups is 1. The highest BCUT2D eigenvalue weighted by Crippen LogP contribution is 2.17. The van der Waals surface area contributed by atoms with Crippen molar-refractivity contribution in [3.05, 3.63) is 65.6 Å². The molecular formula is C15H12FN3S. The first-order valence-electron chi connectivity index (χ1n) is 6.14. The lowest BCUT2D eigenvalue weighted by molar-refractivity contribution is 0.621. The average molecular weight is 285 g/mol. The highest BCUT2D eigenvalue weighted by molar-refractivity contribution is 7.80. The maximum Gasteiger partial charge on any atom is 0.123 e. The average Bonchev–Trinajstić information content (AvgIpc) is 2.82. The van der Waals surface area contributed by atoms with Crippen LogP contribution in [-0.2, 0) is 6.54 Å². The normalized spacial score (nSPS) is 10.8. The number of fused-ring (bicyclic) bond motifs is 1. The molecule has 0 spiro atoms. The number of halogens is 1. The fraction of sp³-hybridized carbons (Fsp3) is 0.0667. The van der Waals surface area contributed by atoms with Crippen LogP contribution in [0.4, 0.5) is 4.39 Å². The first-order chi connectivity index (χ1) is 9.65. The van der Waals surface area contributed by atoms with Gasteiger partial charge in [0, 0.05) is 10.9 Å². The second-order valence-corrected chi connectivity index (χ2v) is 4.97. The van der Waals surface area contributed by atoms with Gasteiger partial charge < -0.3 is 5.73 Å². The molecule has 0 bridgehead atoms. The Kier molecular flexibility index (Phi) is 3.20. The summed E-state index contributed by atoms with van der Waals surface area (Å²) in [7, 11) is 0. The molecule has 0 fully saturated rings. The Morgan fingerprint density at radius 1 is 1.25 bits per heavy atom. The summed E-state index contributed by atoms with van der Waals surface area (Å²) in [5.74, 6) is -0.309. The van der Waals surface area contributed by atoms with Gasteiger partial charge in [-0.1, -0.05) is 30.4 Å². The molecule has 0 aliphatic carbocycles. The van der Waals surface area contributed by atoms with Crippen molar-refractivity contribution in [3.8, 4) is 0 Å². The van der Waals surface area contributed by atoms with Gasteiger partial charge in [0.25, 0.3) is 0 Å². The zero-order valence-corrected chi connectivity index (χ0v) is 11.4. The summed E-state index contributed by atoms with van der Waals surface area (Å²) >= 11 is 5.01. The summed E-state index contributed by atoms with van der Waals surface area (Å²) in [6.07, 6.45) is 1.79. The highest BCUT2D eigenvalue weighted by atomic mass is 32.1. The maximum atomic E-state index is 13.4. The van der Waals surface area contributed by atoms with E-state index in [2.05, 4.69) is 5.10 Å². The van der Waals surface area contributed by atoms with Crippen LogP contribution in [0.1, 0.15) is 11.1 Å². The number of benzene rings is 2. The van der Waals surface area contributed by atoms with Gasteiger partial charge in [-0.3, -0.25) is 4.68 Å². The molecule has 0 aliphatic heterocycles. The van der Waals surface area contributed by atoms with Crippen molar-refractivity contribution in [2.24, 2.45) is 5.73 Å². The largest absolute Gasteiger partial charge is 0.389 e. The van der Waals surface area contributed by atoms with E-state index in [-0.39, 0.29) is 10.8 Å². The minimum absolute atomic E-state index is 0.261. The van der Waals surface area contributed by atoms with Crippen LogP contribution in [-0.4, -0.2) is 14.8 Å². The van der Waals surface area contributed by atoms with Crippen molar-refractivity contribution in [1.82, 2.24) is 9.78 Å². The van der Waals surface area contributed by atoms with Crippen molar-refractivity contribution >= 4 is 28.1 Å². The zero-order valence-electron chi connectivity index (χ0n) is 10.6. The van der Waals surface area contributed by atoms with Gasteiger partial charge in [-0.15, -0.1) is 0 Å². The lowest BCUT2D eigenvalue weighted by Gasteiger charge is -2.09.